The first-order chi connectivity index (χ1) is 15.1. The van der Waals surface area contributed by atoms with Crippen molar-refractivity contribution < 1.29 is 14.4 Å². The van der Waals surface area contributed by atoms with E-state index in [1.54, 1.807) is 9.80 Å². The average molecular weight is 420 g/mol. The van der Waals surface area contributed by atoms with Crippen LogP contribution in [0.25, 0.3) is 0 Å². The summed E-state index contributed by atoms with van der Waals surface area (Å²) in [6, 6.07) is 16.3. The lowest BCUT2D eigenvalue weighted by Crippen LogP contribution is -2.52. The Balaban J connectivity index is 1.44. The lowest BCUT2D eigenvalue weighted by Gasteiger charge is -2.31. The van der Waals surface area contributed by atoms with Crippen molar-refractivity contribution in [1.82, 2.24) is 15.1 Å². The van der Waals surface area contributed by atoms with Crippen LogP contribution in [0.5, 0.6) is 0 Å². The van der Waals surface area contributed by atoms with Crippen LogP contribution in [-0.2, 0) is 16.1 Å². The van der Waals surface area contributed by atoms with E-state index in [0.717, 1.165) is 24.0 Å². The van der Waals surface area contributed by atoms with Crippen LogP contribution >= 0.6 is 0 Å². The van der Waals surface area contributed by atoms with Gasteiger partial charge in [-0.2, -0.15) is 0 Å². The van der Waals surface area contributed by atoms with Gasteiger partial charge in [-0.1, -0.05) is 48.5 Å². The number of nitrogens with zero attached hydrogens (tertiary/aromatic N) is 2. The first-order valence-electron chi connectivity index (χ1n) is 11.0. The summed E-state index contributed by atoms with van der Waals surface area (Å²) in [5.74, 6) is -0.320. The quantitative estimate of drug-likeness (QED) is 0.810. The summed E-state index contributed by atoms with van der Waals surface area (Å²) >= 11 is 0. The number of likely N-dealkylation sites (tertiary alicyclic amines) is 2. The zero-order valence-corrected chi connectivity index (χ0v) is 17.9. The van der Waals surface area contributed by atoms with Gasteiger partial charge >= 0.3 is 0 Å². The summed E-state index contributed by atoms with van der Waals surface area (Å²) in [7, 11) is 0. The summed E-state index contributed by atoms with van der Waals surface area (Å²) in [4.78, 5) is 42.8. The van der Waals surface area contributed by atoms with E-state index < -0.39 is 12.1 Å². The van der Waals surface area contributed by atoms with Crippen LogP contribution in [0.1, 0.15) is 47.2 Å². The lowest BCUT2D eigenvalue weighted by molar-refractivity contribution is -0.141. The molecule has 162 valence electrons. The summed E-state index contributed by atoms with van der Waals surface area (Å²) in [6.45, 7) is 3.49. The number of hydrogen-bond acceptors (Lipinski definition) is 3. The summed E-state index contributed by atoms with van der Waals surface area (Å²) < 4.78 is 0. The average Bonchev–Trinajstić information content (AvgIpc) is 3.47. The Kier molecular flexibility index (Phi) is 6.35. The molecular formula is C25H29N3O3. The Hall–Kier alpha value is -3.15. The number of aryl methyl sites for hydroxylation is 1. The van der Waals surface area contributed by atoms with E-state index in [0.29, 0.717) is 38.0 Å². The van der Waals surface area contributed by atoms with Gasteiger partial charge in [-0.3, -0.25) is 14.4 Å². The Bertz CT molecular complexity index is 959. The van der Waals surface area contributed by atoms with Crippen molar-refractivity contribution in [3.8, 4) is 0 Å². The zero-order valence-electron chi connectivity index (χ0n) is 17.9. The molecule has 3 amide bonds. The van der Waals surface area contributed by atoms with Gasteiger partial charge in [0.05, 0.1) is 0 Å². The molecule has 2 heterocycles. The van der Waals surface area contributed by atoms with Crippen LogP contribution in [-0.4, -0.2) is 52.7 Å². The molecule has 0 unspecified atom stereocenters. The highest BCUT2D eigenvalue weighted by Gasteiger charge is 2.42. The van der Waals surface area contributed by atoms with Crippen LogP contribution in [0.15, 0.2) is 54.6 Å². The van der Waals surface area contributed by atoms with Crippen molar-refractivity contribution in [3.63, 3.8) is 0 Å². The minimum Gasteiger partial charge on any atom is -0.350 e. The fourth-order valence-corrected chi connectivity index (χ4v) is 4.63. The van der Waals surface area contributed by atoms with E-state index in [1.807, 2.05) is 61.5 Å². The number of amides is 3. The first-order valence-corrected chi connectivity index (χ1v) is 11.0. The Morgan fingerprint density at radius 3 is 2.26 bits per heavy atom. The number of carbonyl (C=O) groups is 3. The van der Waals surface area contributed by atoms with Crippen molar-refractivity contribution in [3.05, 3.63) is 71.3 Å². The van der Waals surface area contributed by atoms with E-state index >= 15 is 0 Å². The molecule has 0 saturated carbocycles. The summed E-state index contributed by atoms with van der Waals surface area (Å²) in [5.41, 5.74) is 2.57. The molecular weight excluding hydrogens is 390 g/mol. The first kappa shape index (κ1) is 21.1. The molecule has 6 heteroatoms. The molecule has 2 saturated heterocycles. The number of benzene rings is 2. The fourth-order valence-electron chi connectivity index (χ4n) is 4.63. The van der Waals surface area contributed by atoms with Crippen LogP contribution in [0.3, 0.4) is 0 Å². The maximum absolute atomic E-state index is 13.4. The second-order valence-electron chi connectivity index (χ2n) is 8.36. The molecule has 0 spiro atoms. The highest BCUT2D eigenvalue weighted by Crippen LogP contribution is 2.27. The third-order valence-corrected chi connectivity index (χ3v) is 6.32. The van der Waals surface area contributed by atoms with E-state index in [1.165, 1.54) is 0 Å². The third-order valence-electron chi connectivity index (χ3n) is 6.32. The minimum absolute atomic E-state index is 0.0989. The molecule has 2 fully saturated rings. The molecule has 6 nitrogen and oxygen atoms in total. The lowest BCUT2D eigenvalue weighted by atomic mass is 10.1. The third kappa shape index (κ3) is 4.48. The monoisotopic (exact) mass is 419 g/mol. The van der Waals surface area contributed by atoms with Crippen LogP contribution in [0, 0.1) is 6.92 Å². The molecule has 0 aliphatic carbocycles. The second-order valence-corrected chi connectivity index (χ2v) is 8.36. The van der Waals surface area contributed by atoms with Crippen LogP contribution in [0.2, 0.25) is 0 Å². The van der Waals surface area contributed by atoms with Gasteiger partial charge < -0.3 is 15.1 Å². The minimum atomic E-state index is -0.491. The van der Waals surface area contributed by atoms with E-state index in [2.05, 4.69) is 5.32 Å². The Morgan fingerprint density at radius 1 is 0.871 bits per heavy atom. The molecule has 0 bridgehead atoms. The van der Waals surface area contributed by atoms with Gasteiger partial charge in [-0.05, 0) is 49.8 Å². The highest BCUT2D eigenvalue weighted by molar-refractivity contribution is 5.99. The Morgan fingerprint density at radius 2 is 1.52 bits per heavy atom. The van der Waals surface area contributed by atoms with Gasteiger partial charge in [-0.25, -0.2) is 0 Å². The van der Waals surface area contributed by atoms with Crippen molar-refractivity contribution in [2.24, 2.45) is 0 Å². The molecule has 2 aliphatic rings. The SMILES string of the molecule is Cc1ccccc1C(=O)N1CCC[C@@H]1C(=O)N1CCC[C@@H]1C(=O)NCc1ccccc1. The van der Waals surface area contributed by atoms with E-state index in [-0.39, 0.29) is 17.7 Å². The van der Waals surface area contributed by atoms with Crippen molar-refractivity contribution in [2.45, 2.75) is 51.2 Å². The van der Waals surface area contributed by atoms with E-state index in [4.69, 9.17) is 0 Å². The smallest absolute Gasteiger partial charge is 0.254 e. The van der Waals surface area contributed by atoms with Gasteiger partial charge in [0, 0.05) is 25.2 Å². The van der Waals surface area contributed by atoms with Gasteiger partial charge in [0.2, 0.25) is 11.8 Å². The highest BCUT2D eigenvalue weighted by atomic mass is 16.2. The normalized spacial score (nSPS) is 20.7. The molecule has 1 N–H and O–H groups in total. The number of rotatable bonds is 5. The Labute approximate surface area is 183 Å². The van der Waals surface area contributed by atoms with Crippen molar-refractivity contribution >= 4 is 17.7 Å². The topological polar surface area (TPSA) is 69.7 Å². The molecule has 0 radical (unpaired) electrons. The van der Waals surface area contributed by atoms with Gasteiger partial charge in [0.25, 0.3) is 5.91 Å². The number of carbonyl (C=O) groups excluding carboxylic acids is 3. The molecule has 31 heavy (non-hydrogen) atoms. The summed E-state index contributed by atoms with van der Waals surface area (Å²) in [5, 5.41) is 2.97. The van der Waals surface area contributed by atoms with Gasteiger partial charge in [0.15, 0.2) is 0 Å². The maximum atomic E-state index is 13.4. The largest absolute Gasteiger partial charge is 0.350 e. The molecule has 4 rings (SSSR count). The molecule has 0 aromatic heterocycles. The van der Waals surface area contributed by atoms with Gasteiger partial charge in [-0.15, -0.1) is 0 Å². The number of nitrogens with one attached hydrogen (secondary N) is 1. The molecule has 2 aromatic rings. The van der Waals surface area contributed by atoms with Crippen molar-refractivity contribution in [2.75, 3.05) is 13.1 Å². The van der Waals surface area contributed by atoms with Crippen LogP contribution in [0.4, 0.5) is 0 Å². The molecule has 2 aromatic carbocycles. The molecule has 2 aliphatic heterocycles. The summed E-state index contributed by atoms with van der Waals surface area (Å²) in [6.07, 6.45) is 2.90. The van der Waals surface area contributed by atoms with Crippen LogP contribution < -0.4 is 5.32 Å². The fraction of sp³-hybridized carbons (Fsp3) is 0.400. The van der Waals surface area contributed by atoms with Gasteiger partial charge in [0.1, 0.15) is 12.1 Å². The van der Waals surface area contributed by atoms with Crippen molar-refractivity contribution in [1.29, 1.82) is 0 Å². The predicted molar refractivity (Wildman–Crippen MR) is 118 cm³/mol. The standard InChI is InChI=1S/C25H29N3O3/c1-18-9-5-6-12-20(18)24(30)28-16-8-14-22(28)25(31)27-15-7-13-21(27)23(29)26-17-19-10-3-2-4-11-19/h2-6,9-12,21-22H,7-8,13-17H2,1H3,(H,26,29)/t21-,22-/m1/s1. The molecule has 2 atom stereocenters. The second kappa shape index (κ2) is 9.33. The van der Waals surface area contributed by atoms with E-state index in [9.17, 15) is 14.4 Å². The zero-order chi connectivity index (χ0) is 21.8. The number of hydrogen-bond donors (Lipinski definition) is 1. The predicted octanol–water partition coefficient (Wildman–Crippen LogP) is 2.91. The maximum Gasteiger partial charge on any atom is 0.254 e.